The zero-order chi connectivity index (χ0) is 6.08. The number of hydrogen-bond acceptors (Lipinski definition) is 1. The van der Waals surface area contributed by atoms with E-state index in [2.05, 4.69) is 19.6 Å². The summed E-state index contributed by atoms with van der Waals surface area (Å²) in [4.78, 5) is 0. The minimum absolute atomic E-state index is 0.0625. The minimum atomic E-state index is -1.18. The molecule has 2 heteroatoms. The van der Waals surface area contributed by atoms with Gasteiger partial charge in [0.25, 0.3) is 0 Å². The van der Waals surface area contributed by atoms with Gasteiger partial charge in [0, 0.05) is 5.73 Å². The highest BCUT2D eigenvalue weighted by atomic mass is 28.3. The summed E-state index contributed by atoms with van der Waals surface area (Å²) in [5.41, 5.74) is -0.0625. The second-order valence-electron chi connectivity index (χ2n) is 3.04. The molecule has 0 aliphatic heterocycles. The number of aliphatic hydroxyl groups is 1. The lowest BCUT2D eigenvalue weighted by molar-refractivity contribution is 0.264. The van der Waals surface area contributed by atoms with Crippen LogP contribution in [0.5, 0.6) is 0 Å². The van der Waals surface area contributed by atoms with Crippen LogP contribution >= 0.6 is 0 Å². The average Bonchev–Trinajstić information content (AvgIpc) is 1.31. The highest BCUT2D eigenvalue weighted by molar-refractivity contribution is 6.77. The van der Waals surface area contributed by atoms with E-state index in [4.69, 9.17) is 5.11 Å². The number of hydrogen-bond donors (Lipinski definition) is 1. The molecule has 0 aliphatic rings. The molecule has 0 aromatic rings. The Labute approximate surface area is 46.4 Å². The fourth-order valence-corrected chi connectivity index (χ4v) is 0. The second-order valence-corrected chi connectivity index (χ2v) is 8.61. The Balaban J connectivity index is 3.54. The predicted octanol–water partition coefficient (Wildman–Crippen LogP) is 1.24. The molecule has 0 saturated heterocycles. The third-order valence-corrected chi connectivity index (χ3v) is 3.76. The first kappa shape index (κ1) is 7.18. The molecule has 0 rings (SSSR count). The van der Waals surface area contributed by atoms with Crippen LogP contribution in [0.3, 0.4) is 0 Å². The quantitative estimate of drug-likeness (QED) is 0.514. The molecule has 1 atom stereocenters. The summed E-state index contributed by atoms with van der Waals surface area (Å²) >= 11 is 0. The Morgan fingerprint density at radius 3 is 1.43 bits per heavy atom. The normalized spacial score (nSPS) is 16.7. The van der Waals surface area contributed by atoms with E-state index in [0.717, 1.165) is 0 Å². The van der Waals surface area contributed by atoms with Crippen molar-refractivity contribution >= 4 is 8.07 Å². The van der Waals surface area contributed by atoms with Gasteiger partial charge in [0.1, 0.15) is 0 Å². The molecule has 0 aromatic carbocycles. The molecule has 0 fully saturated rings. The molecule has 0 amide bonds. The van der Waals surface area contributed by atoms with Crippen molar-refractivity contribution in [1.29, 1.82) is 0 Å². The monoisotopic (exact) mass is 118 g/mol. The van der Waals surface area contributed by atoms with Crippen LogP contribution in [0, 0.1) is 0 Å². The van der Waals surface area contributed by atoms with E-state index in [1.54, 1.807) is 0 Å². The highest BCUT2D eigenvalue weighted by Gasteiger charge is 2.18. The van der Waals surface area contributed by atoms with Crippen molar-refractivity contribution in [2.75, 3.05) is 0 Å². The maximum absolute atomic E-state index is 8.95. The Morgan fingerprint density at radius 1 is 1.29 bits per heavy atom. The van der Waals surface area contributed by atoms with E-state index >= 15 is 0 Å². The first-order valence-corrected chi connectivity index (χ1v) is 6.20. The van der Waals surface area contributed by atoms with Crippen molar-refractivity contribution in [1.82, 2.24) is 0 Å². The smallest absolute Gasteiger partial charge is 0.0777 e. The van der Waals surface area contributed by atoms with Gasteiger partial charge in [-0.15, -0.1) is 0 Å². The molecular weight excluding hydrogens is 104 g/mol. The lowest BCUT2D eigenvalue weighted by Gasteiger charge is -2.18. The summed E-state index contributed by atoms with van der Waals surface area (Å²) in [5.74, 6) is 0. The topological polar surface area (TPSA) is 20.2 Å². The summed E-state index contributed by atoms with van der Waals surface area (Å²) in [6.45, 7) is 8.32. The summed E-state index contributed by atoms with van der Waals surface area (Å²) in [6, 6.07) is 0. The molecule has 44 valence electrons. The molecule has 1 nitrogen and oxygen atoms in total. The Morgan fingerprint density at radius 2 is 1.43 bits per heavy atom. The van der Waals surface area contributed by atoms with Crippen LogP contribution in [0.1, 0.15) is 6.92 Å². The SMILES string of the molecule is C[C@H](O)[Si](C)(C)C. The summed E-state index contributed by atoms with van der Waals surface area (Å²) < 4.78 is 0. The van der Waals surface area contributed by atoms with Gasteiger partial charge in [-0.2, -0.15) is 0 Å². The van der Waals surface area contributed by atoms with E-state index in [0.29, 0.717) is 0 Å². The molecule has 0 saturated carbocycles. The van der Waals surface area contributed by atoms with Crippen LogP contribution in [0.2, 0.25) is 19.6 Å². The third kappa shape index (κ3) is 2.82. The Hall–Kier alpha value is 0.177. The van der Waals surface area contributed by atoms with Gasteiger partial charge in [0.15, 0.2) is 0 Å². The fraction of sp³-hybridized carbons (Fsp3) is 1.00. The summed E-state index contributed by atoms with van der Waals surface area (Å²) in [6.07, 6.45) is 0. The average molecular weight is 118 g/mol. The van der Waals surface area contributed by atoms with Gasteiger partial charge < -0.3 is 5.11 Å². The minimum Gasteiger partial charge on any atom is -0.397 e. The van der Waals surface area contributed by atoms with Crippen molar-refractivity contribution in [2.24, 2.45) is 0 Å². The molecule has 0 heterocycles. The fourth-order valence-electron chi connectivity index (χ4n) is 0. The maximum Gasteiger partial charge on any atom is 0.0777 e. The van der Waals surface area contributed by atoms with Crippen LogP contribution in [-0.4, -0.2) is 18.9 Å². The van der Waals surface area contributed by atoms with Crippen molar-refractivity contribution < 1.29 is 5.11 Å². The van der Waals surface area contributed by atoms with Crippen LogP contribution in [0.4, 0.5) is 0 Å². The van der Waals surface area contributed by atoms with Crippen LogP contribution in [-0.2, 0) is 0 Å². The first-order valence-electron chi connectivity index (χ1n) is 2.62. The van der Waals surface area contributed by atoms with Crippen molar-refractivity contribution in [2.45, 2.75) is 32.3 Å². The predicted molar refractivity (Wildman–Crippen MR) is 35.0 cm³/mol. The van der Waals surface area contributed by atoms with E-state index in [9.17, 15) is 0 Å². The van der Waals surface area contributed by atoms with Gasteiger partial charge in [0.2, 0.25) is 0 Å². The molecule has 0 radical (unpaired) electrons. The molecule has 0 spiro atoms. The molecule has 7 heavy (non-hydrogen) atoms. The van der Waals surface area contributed by atoms with Crippen LogP contribution in [0.25, 0.3) is 0 Å². The molecule has 0 aliphatic carbocycles. The van der Waals surface area contributed by atoms with Gasteiger partial charge in [-0.1, -0.05) is 19.6 Å². The summed E-state index contributed by atoms with van der Waals surface area (Å²) in [7, 11) is -1.18. The van der Waals surface area contributed by atoms with E-state index in [-0.39, 0.29) is 5.73 Å². The van der Waals surface area contributed by atoms with Crippen molar-refractivity contribution in [3.63, 3.8) is 0 Å². The van der Waals surface area contributed by atoms with E-state index < -0.39 is 8.07 Å². The Bertz CT molecular complexity index is 53.6. The third-order valence-electron chi connectivity index (χ3n) is 1.25. The van der Waals surface area contributed by atoms with Crippen molar-refractivity contribution in [3.05, 3.63) is 0 Å². The Kier molecular flexibility index (Phi) is 2.02. The molecular formula is C5H14OSi. The lowest BCUT2D eigenvalue weighted by atomic mass is 10.9. The summed E-state index contributed by atoms with van der Waals surface area (Å²) in [5, 5.41) is 8.95. The van der Waals surface area contributed by atoms with Crippen molar-refractivity contribution in [3.8, 4) is 0 Å². The van der Waals surface area contributed by atoms with E-state index in [1.165, 1.54) is 0 Å². The van der Waals surface area contributed by atoms with Gasteiger partial charge >= 0.3 is 0 Å². The lowest BCUT2D eigenvalue weighted by Crippen LogP contribution is -2.35. The van der Waals surface area contributed by atoms with Gasteiger partial charge in [-0.25, -0.2) is 0 Å². The second kappa shape index (κ2) is 1.97. The van der Waals surface area contributed by atoms with E-state index in [1.807, 2.05) is 6.92 Å². The zero-order valence-electron chi connectivity index (χ0n) is 5.52. The van der Waals surface area contributed by atoms with Crippen LogP contribution < -0.4 is 0 Å². The van der Waals surface area contributed by atoms with Gasteiger partial charge in [0.05, 0.1) is 8.07 Å². The molecule has 0 bridgehead atoms. The standard InChI is InChI=1S/C5H14OSi/c1-5(6)7(2,3)4/h5-6H,1-4H3/t5-/m1/s1. The molecule has 0 aromatic heterocycles. The zero-order valence-corrected chi connectivity index (χ0v) is 6.52. The molecule has 0 unspecified atom stereocenters. The van der Waals surface area contributed by atoms with Gasteiger partial charge in [-0.05, 0) is 6.92 Å². The van der Waals surface area contributed by atoms with Crippen LogP contribution in [0.15, 0.2) is 0 Å². The largest absolute Gasteiger partial charge is 0.397 e. The number of aliphatic hydroxyl groups excluding tert-OH is 1. The highest BCUT2D eigenvalue weighted by Crippen LogP contribution is 2.04. The maximum atomic E-state index is 8.95. The number of rotatable bonds is 1. The van der Waals surface area contributed by atoms with Gasteiger partial charge in [-0.3, -0.25) is 0 Å². The first-order chi connectivity index (χ1) is 2.94. The molecule has 1 N–H and O–H groups in total.